The van der Waals surface area contributed by atoms with Crippen LogP contribution in [0, 0.1) is 11.8 Å². The van der Waals surface area contributed by atoms with Crippen molar-refractivity contribution in [2.75, 3.05) is 0 Å². The van der Waals surface area contributed by atoms with Crippen molar-refractivity contribution >= 4 is 12.2 Å². The summed E-state index contributed by atoms with van der Waals surface area (Å²) in [5.74, 6) is 0.528. The third-order valence-electron chi connectivity index (χ3n) is 2.60. The first-order chi connectivity index (χ1) is 5.51. The molecule has 0 saturated heterocycles. The predicted octanol–water partition coefficient (Wildman–Crippen LogP) is 1.20. The van der Waals surface area contributed by atoms with E-state index in [4.69, 9.17) is 0 Å². The average molecular weight is 168 g/mol. The molecule has 0 aromatic carbocycles. The van der Waals surface area contributed by atoms with Gasteiger partial charge in [0, 0.05) is 0 Å². The van der Waals surface area contributed by atoms with E-state index in [1.807, 2.05) is 27.7 Å². The lowest BCUT2D eigenvalue weighted by molar-refractivity contribution is -0.126. The molecule has 0 radical (unpaired) electrons. The maximum atomic E-state index is 11.5. The summed E-state index contributed by atoms with van der Waals surface area (Å²) in [6.45, 7) is 8.12. The second-order valence-electron chi connectivity index (χ2n) is 3.87. The normalized spacial score (nSPS) is 20.7. The van der Waals surface area contributed by atoms with Gasteiger partial charge in [-0.25, -0.2) is 0 Å². The topological polar surface area (TPSA) is 41.5 Å². The second kappa shape index (κ2) is 2.88. The van der Waals surface area contributed by atoms with Gasteiger partial charge in [-0.3, -0.25) is 9.79 Å². The van der Waals surface area contributed by atoms with Crippen molar-refractivity contribution in [3.63, 3.8) is 0 Å². The molecule has 1 aliphatic rings. The highest BCUT2D eigenvalue weighted by atomic mass is 16.2. The van der Waals surface area contributed by atoms with Crippen LogP contribution in [0.1, 0.15) is 27.7 Å². The fourth-order valence-corrected chi connectivity index (χ4v) is 1.86. The van der Waals surface area contributed by atoms with Gasteiger partial charge in [0.1, 0.15) is 5.54 Å². The van der Waals surface area contributed by atoms with Crippen LogP contribution >= 0.6 is 0 Å². The van der Waals surface area contributed by atoms with Crippen molar-refractivity contribution in [2.45, 2.75) is 33.2 Å². The van der Waals surface area contributed by atoms with Crippen molar-refractivity contribution in [3.8, 4) is 0 Å². The molecule has 1 rings (SSSR count). The molecule has 1 amide bonds. The number of carbonyl (C=O) groups is 1. The molecule has 0 aromatic heterocycles. The molecule has 1 N–H and O–H groups in total. The lowest BCUT2D eigenvalue weighted by Crippen LogP contribution is -2.47. The number of rotatable bonds is 2. The summed E-state index contributed by atoms with van der Waals surface area (Å²) < 4.78 is 0. The van der Waals surface area contributed by atoms with Crippen molar-refractivity contribution in [1.82, 2.24) is 5.32 Å². The van der Waals surface area contributed by atoms with Crippen molar-refractivity contribution in [1.29, 1.82) is 0 Å². The van der Waals surface area contributed by atoms with Crippen molar-refractivity contribution in [3.05, 3.63) is 0 Å². The Bertz CT molecular complexity index is 211. The van der Waals surface area contributed by atoms with Crippen molar-refractivity contribution in [2.24, 2.45) is 16.8 Å². The molecule has 0 fully saturated rings. The predicted molar refractivity (Wildman–Crippen MR) is 49.0 cm³/mol. The number of nitrogens with one attached hydrogen (secondary N) is 1. The Morgan fingerprint density at radius 1 is 1.33 bits per heavy atom. The molecule has 3 heteroatoms. The third-order valence-corrected chi connectivity index (χ3v) is 2.60. The Kier molecular flexibility index (Phi) is 2.22. The Balaban J connectivity index is 3.02. The van der Waals surface area contributed by atoms with Crippen LogP contribution in [0.2, 0.25) is 0 Å². The van der Waals surface area contributed by atoms with E-state index in [1.165, 1.54) is 6.34 Å². The van der Waals surface area contributed by atoms with Crippen molar-refractivity contribution < 1.29 is 4.79 Å². The summed E-state index contributed by atoms with van der Waals surface area (Å²) in [5, 5.41) is 2.64. The van der Waals surface area contributed by atoms with Crippen LogP contribution in [-0.2, 0) is 4.79 Å². The Morgan fingerprint density at radius 3 is 2.00 bits per heavy atom. The number of hydrogen-bond donors (Lipinski definition) is 1. The molecule has 1 aliphatic heterocycles. The first-order valence-corrected chi connectivity index (χ1v) is 4.36. The monoisotopic (exact) mass is 168 g/mol. The molecule has 3 nitrogen and oxygen atoms in total. The van der Waals surface area contributed by atoms with Gasteiger partial charge in [-0.1, -0.05) is 27.7 Å². The highest BCUT2D eigenvalue weighted by Gasteiger charge is 2.46. The smallest absolute Gasteiger partial charge is 0.253 e. The first kappa shape index (κ1) is 9.23. The van der Waals surface area contributed by atoms with Gasteiger partial charge in [-0.05, 0) is 11.8 Å². The van der Waals surface area contributed by atoms with E-state index in [9.17, 15) is 4.79 Å². The molecule has 0 atom stereocenters. The van der Waals surface area contributed by atoms with Gasteiger partial charge in [-0.2, -0.15) is 0 Å². The lowest BCUT2D eigenvalue weighted by atomic mass is 9.77. The zero-order valence-corrected chi connectivity index (χ0v) is 8.09. The number of nitrogens with zero attached hydrogens (tertiary/aromatic N) is 1. The summed E-state index contributed by atoms with van der Waals surface area (Å²) >= 11 is 0. The van der Waals surface area contributed by atoms with Gasteiger partial charge in [0.2, 0.25) is 0 Å². The largest absolute Gasteiger partial charge is 0.315 e. The van der Waals surface area contributed by atoms with E-state index in [1.54, 1.807) is 0 Å². The van der Waals surface area contributed by atoms with Gasteiger partial charge in [-0.15, -0.1) is 0 Å². The Hall–Kier alpha value is -0.860. The number of aliphatic imine (C=N–C) groups is 1. The molecule has 0 aliphatic carbocycles. The SMILES string of the molecule is CC(C)C1(C(C)C)N=CNC1=O. The fourth-order valence-electron chi connectivity index (χ4n) is 1.86. The molecule has 0 saturated carbocycles. The average Bonchev–Trinajstić information content (AvgIpc) is 2.31. The highest BCUT2D eigenvalue weighted by Crippen LogP contribution is 2.32. The van der Waals surface area contributed by atoms with Gasteiger partial charge in [0.05, 0.1) is 6.34 Å². The van der Waals surface area contributed by atoms with E-state index >= 15 is 0 Å². The van der Waals surface area contributed by atoms with Gasteiger partial charge >= 0.3 is 0 Å². The third kappa shape index (κ3) is 1.04. The van der Waals surface area contributed by atoms with E-state index < -0.39 is 5.54 Å². The van der Waals surface area contributed by atoms with E-state index in [0.29, 0.717) is 0 Å². The summed E-state index contributed by atoms with van der Waals surface area (Å²) in [6, 6.07) is 0. The van der Waals surface area contributed by atoms with E-state index in [0.717, 1.165) is 0 Å². The molecule has 0 bridgehead atoms. The van der Waals surface area contributed by atoms with E-state index in [-0.39, 0.29) is 17.7 Å². The number of hydrogen-bond acceptors (Lipinski definition) is 2. The summed E-state index contributed by atoms with van der Waals surface area (Å²) in [6.07, 6.45) is 1.52. The Labute approximate surface area is 73.3 Å². The molecule has 0 aromatic rings. The molecule has 0 spiro atoms. The van der Waals surface area contributed by atoms with Crippen LogP contribution < -0.4 is 5.32 Å². The fraction of sp³-hybridized carbons (Fsp3) is 0.778. The molecular weight excluding hydrogens is 152 g/mol. The lowest BCUT2D eigenvalue weighted by Gasteiger charge is -2.31. The van der Waals surface area contributed by atoms with Gasteiger partial charge in [0.25, 0.3) is 5.91 Å². The quantitative estimate of drug-likeness (QED) is 0.661. The van der Waals surface area contributed by atoms with Gasteiger partial charge < -0.3 is 5.32 Å². The van der Waals surface area contributed by atoms with Crippen LogP contribution in [0.4, 0.5) is 0 Å². The van der Waals surface area contributed by atoms with Gasteiger partial charge in [0.15, 0.2) is 0 Å². The summed E-state index contributed by atoms with van der Waals surface area (Å²) in [7, 11) is 0. The first-order valence-electron chi connectivity index (χ1n) is 4.36. The van der Waals surface area contributed by atoms with Crippen LogP contribution in [0.25, 0.3) is 0 Å². The minimum atomic E-state index is -0.528. The standard InChI is InChI=1S/C9H16N2O/c1-6(2)9(7(3)4)8(12)10-5-11-9/h5-7H,1-4H3,(H,10,11,12). The molecule has 68 valence electrons. The summed E-state index contributed by atoms with van der Waals surface area (Å²) in [4.78, 5) is 15.8. The summed E-state index contributed by atoms with van der Waals surface area (Å²) in [5.41, 5.74) is -0.528. The zero-order chi connectivity index (χ0) is 9.35. The molecule has 12 heavy (non-hydrogen) atoms. The molecular formula is C9H16N2O. The Morgan fingerprint density at radius 2 is 1.83 bits per heavy atom. The zero-order valence-electron chi connectivity index (χ0n) is 8.09. The second-order valence-corrected chi connectivity index (χ2v) is 3.87. The minimum Gasteiger partial charge on any atom is -0.315 e. The van der Waals surface area contributed by atoms with Crippen LogP contribution in [0.15, 0.2) is 4.99 Å². The van der Waals surface area contributed by atoms with Crippen LogP contribution in [0.3, 0.4) is 0 Å². The van der Waals surface area contributed by atoms with E-state index in [2.05, 4.69) is 10.3 Å². The molecule has 0 unspecified atom stereocenters. The maximum absolute atomic E-state index is 11.5. The minimum absolute atomic E-state index is 0.0347. The number of amides is 1. The number of carbonyl (C=O) groups excluding carboxylic acids is 1. The molecule has 1 heterocycles. The van der Waals surface area contributed by atoms with Crippen LogP contribution in [0.5, 0.6) is 0 Å². The maximum Gasteiger partial charge on any atom is 0.253 e. The van der Waals surface area contributed by atoms with Crippen LogP contribution in [-0.4, -0.2) is 17.8 Å². The highest BCUT2D eigenvalue weighted by molar-refractivity contribution is 6.00.